The van der Waals surface area contributed by atoms with Crippen molar-refractivity contribution in [1.29, 1.82) is 5.41 Å². The Hall–Kier alpha value is -2.47. The molecular formula is C15H14ClFN4O. The first kappa shape index (κ1) is 15.9. The van der Waals surface area contributed by atoms with Crippen LogP contribution in [0.25, 0.3) is 0 Å². The van der Waals surface area contributed by atoms with Crippen molar-refractivity contribution in [1.82, 2.24) is 4.98 Å². The number of nitrogens with one attached hydrogen (secondary N) is 3. The van der Waals surface area contributed by atoms with E-state index in [0.717, 1.165) is 6.20 Å². The van der Waals surface area contributed by atoms with Gasteiger partial charge in [0.2, 0.25) is 0 Å². The van der Waals surface area contributed by atoms with E-state index in [1.54, 1.807) is 31.3 Å². The summed E-state index contributed by atoms with van der Waals surface area (Å²) in [5.41, 5.74) is 0.219. The molecule has 0 aliphatic carbocycles. The van der Waals surface area contributed by atoms with Gasteiger partial charge in [0.15, 0.2) is 0 Å². The second-order valence-electron chi connectivity index (χ2n) is 4.55. The summed E-state index contributed by atoms with van der Waals surface area (Å²) in [6.45, 7) is 1.43. The first-order chi connectivity index (χ1) is 10.4. The molecule has 0 aliphatic heterocycles. The van der Waals surface area contributed by atoms with E-state index in [0.29, 0.717) is 10.7 Å². The fourth-order valence-corrected chi connectivity index (χ4v) is 2.04. The largest absolute Gasteiger partial charge is 0.373 e. The number of aromatic nitrogens is 1. The van der Waals surface area contributed by atoms with Crippen LogP contribution in [0.5, 0.6) is 0 Å². The molecule has 0 saturated heterocycles. The van der Waals surface area contributed by atoms with Gasteiger partial charge in [-0.3, -0.25) is 4.79 Å². The van der Waals surface area contributed by atoms with Crippen molar-refractivity contribution in [3.63, 3.8) is 0 Å². The number of carbonyl (C=O) groups is 1. The molecule has 1 amide bonds. The Kier molecular flexibility index (Phi) is 4.72. The van der Waals surface area contributed by atoms with Crippen LogP contribution in [-0.2, 0) is 0 Å². The number of halogens is 2. The summed E-state index contributed by atoms with van der Waals surface area (Å²) in [6, 6.07) is 6.44. The van der Waals surface area contributed by atoms with Crippen LogP contribution in [0.3, 0.4) is 0 Å². The minimum atomic E-state index is -0.779. The summed E-state index contributed by atoms with van der Waals surface area (Å²) < 4.78 is 14.5. The molecule has 7 heteroatoms. The topological polar surface area (TPSA) is 77.9 Å². The average Bonchev–Trinajstić information content (AvgIpc) is 2.48. The summed E-state index contributed by atoms with van der Waals surface area (Å²) in [4.78, 5) is 16.2. The lowest BCUT2D eigenvalue weighted by Crippen LogP contribution is -2.17. The third kappa shape index (κ3) is 3.23. The van der Waals surface area contributed by atoms with Crippen LogP contribution in [0, 0.1) is 11.2 Å². The van der Waals surface area contributed by atoms with Gasteiger partial charge in [0.05, 0.1) is 11.1 Å². The summed E-state index contributed by atoms with van der Waals surface area (Å²) in [5.74, 6) is -1.20. The Balaban J connectivity index is 2.36. The standard InChI is InChI=1S/C15H14ClFN4O/c1-8(18)12-13(17)11(7-20-14(12)19-2)15(22)21-10-5-3-9(16)4-6-10/h3-7,18H,1-2H3,(H,19,20)(H,21,22). The lowest BCUT2D eigenvalue weighted by molar-refractivity contribution is 0.102. The molecule has 114 valence electrons. The van der Waals surface area contributed by atoms with Gasteiger partial charge in [0.1, 0.15) is 11.6 Å². The van der Waals surface area contributed by atoms with Crippen LogP contribution < -0.4 is 10.6 Å². The van der Waals surface area contributed by atoms with E-state index in [-0.39, 0.29) is 22.7 Å². The Bertz CT molecular complexity index is 731. The van der Waals surface area contributed by atoms with Gasteiger partial charge in [-0.05, 0) is 31.2 Å². The van der Waals surface area contributed by atoms with Gasteiger partial charge in [-0.1, -0.05) is 11.6 Å². The van der Waals surface area contributed by atoms with Crippen molar-refractivity contribution in [2.45, 2.75) is 6.92 Å². The van der Waals surface area contributed by atoms with Gasteiger partial charge in [0.25, 0.3) is 5.91 Å². The van der Waals surface area contributed by atoms with Gasteiger partial charge >= 0.3 is 0 Å². The average molecular weight is 321 g/mol. The second-order valence-corrected chi connectivity index (χ2v) is 4.98. The monoisotopic (exact) mass is 320 g/mol. The van der Waals surface area contributed by atoms with Crippen LogP contribution in [0.4, 0.5) is 15.9 Å². The van der Waals surface area contributed by atoms with Crippen molar-refractivity contribution in [2.24, 2.45) is 0 Å². The molecule has 0 atom stereocenters. The molecule has 5 nitrogen and oxygen atoms in total. The number of hydrogen-bond donors (Lipinski definition) is 3. The van der Waals surface area contributed by atoms with Gasteiger partial charge in [0, 0.05) is 29.7 Å². The fourth-order valence-electron chi connectivity index (χ4n) is 1.91. The summed E-state index contributed by atoms with van der Waals surface area (Å²) in [5, 5.41) is 13.4. The lowest BCUT2D eigenvalue weighted by atomic mass is 10.1. The van der Waals surface area contributed by atoms with Gasteiger partial charge < -0.3 is 16.0 Å². The first-order valence-corrected chi connectivity index (χ1v) is 6.80. The molecular weight excluding hydrogens is 307 g/mol. The van der Waals surface area contributed by atoms with E-state index < -0.39 is 11.7 Å². The maximum atomic E-state index is 14.5. The third-order valence-corrected chi connectivity index (χ3v) is 3.23. The third-order valence-electron chi connectivity index (χ3n) is 2.97. The number of nitrogens with zero attached hydrogens (tertiary/aromatic N) is 1. The van der Waals surface area contributed by atoms with Crippen LogP contribution in [0.1, 0.15) is 22.8 Å². The molecule has 3 N–H and O–H groups in total. The van der Waals surface area contributed by atoms with E-state index in [2.05, 4.69) is 15.6 Å². The molecule has 0 spiro atoms. The maximum absolute atomic E-state index is 14.5. The lowest BCUT2D eigenvalue weighted by Gasteiger charge is -2.12. The molecule has 1 aromatic heterocycles. The number of benzene rings is 1. The zero-order valence-electron chi connectivity index (χ0n) is 12.0. The van der Waals surface area contributed by atoms with Crippen molar-refractivity contribution in [3.05, 3.63) is 52.4 Å². The zero-order valence-corrected chi connectivity index (χ0v) is 12.8. The molecule has 0 aliphatic rings. The molecule has 1 aromatic carbocycles. The zero-order chi connectivity index (χ0) is 16.3. The van der Waals surface area contributed by atoms with E-state index in [1.165, 1.54) is 6.92 Å². The summed E-state index contributed by atoms with van der Waals surface area (Å²) in [7, 11) is 1.57. The molecule has 2 aromatic rings. The van der Waals surface area contributed by atoms with E-state index >= 15 is 0 Å². The number of hydrogen-bond acceptors (Lipinski definition) is 4. The molecule has 2 rings (SSSR count). The van der Waals surface area contributed by atoms with E-state index in [9.17, 15) is 9.18 Å². The molecule has 22 heavy (non-hydrogen) atoms. The Labute approximate surface area is 132 Å². The quantitative estimate of drug-likeness (QED) is 0.754. The molecule has 0 saturated carbocycles. The molecule has 0 bridgehead atoms. The van der Waals surface area contributed by atoms with Crippen molar-refractivity contribution < 1.29 is 9.18 Å². The number of amides is 1. The minimum Gasteiger partial charge on any atom is -0.373 e. The second kappa shape index (κ2) is 6.53. The normalized spacial score (nSPS) is 10.2. The van der Waals surface area contributed by atoms with Crippen LogP contribution in [0.2, 0.25) is 5.02 Å². The summed E-state index contributed by atoms with van der Waals surface area (Å²) >= 11 is 5.77. The molecule has 0 unspecified atom stereocenters. The molecule has 0 radical (unpaired) electrons. The highest BCUT2D eigenvalue weighted by molar-refractivity contribution is 6.30. The summed E-state index contributed by atoms with van der Waals surface area (Å²) in [6.07, 6.45) is 1.14. The predicted octanol–water partition coefficient (Wildman–Crippen LogP) is 3.56. The SMILES string of the molecule is CNc1ncc(C(=O)Nc2ccc(Cl)cc2)c(F)c1C(C)=N. The number of carbonyl (C=O) groups excluding carboxylic acids is 1. The van der Waals surface area contributed by atoms with Gasteiger partial charge in [-0.25, -0.2) is 9.37 Å². The highest BCUT2D eigenvalue weighted by Gasteiger charge is 2.20. The maximum Gasteiger partial charge on any atom is 0.260 e. The Morgan fingerprint density at radius 1 is 1.32 bits per heavy atom. The first-order valence-electron chi connectivity index (χ1n) is 6.42. The number of rotatable bonds is 4. The van der Waals surface area contributed by atoms with E-state index in [1.807, 2.05) is 0 Å². The van der Waals surface area contributed by atoms with Gasteiger partial charge in [-0.15, -0.1) is 0 Å². The molecule has 1 heterocycles. The smallest absolute Gasteiger partial charge is 0.260 e. The predicted molar refractivity (Wildman–Crippen MR) is 85.6 cm³/mol. The van der Waals surface area contributed by atoms with Crippen LogP contribution in [-0.4, -0.2) is 23.7 Å². The number of pyridine rings is 1. The van der Waals surface area contributed by atoms with Crippen LogP contribution in [0.15, 0.2) is 30.5 Å². The van der Waals surface area contributed by atoms with Crippen molar-refractivity contribution >= 4 is 34.7 Å². The van der Waals surface area contributed by atoms with Crippen molar-refractivity contribution in [2.75, 3.05) is 17.7 Å². The van der Waals surface area contributed by atoms with Crippen molar-refractivity contribution in [3.8, 4) is 0 Å². The minimum absolute atomic E-state index is 0.0181. The highest BCUT2D eigenvalue weighted by Crippen LogP contribution is 2.21. The molecule has 0 fully saturated rings. The highest BCUT2D eigenvalue weighted by atomic mass is 35.5. The number of anilines is 2. The fraction of sp³-hybridized carbons (Fsp3) is 0.133. The van der Waals surface area contributed by atoms with Crippen LogP contribution >= 0.6 is 11.6 Å². The van der Waals surface area contributed by atoms with Gasteiger partial charge in [-0.2, -0.15) is 0 Å². The Morgan fingerprint density at radius 2 is 1.95 bits per heavy atom. The van der Waals surface area contributed by atoms with E-state index in [4.69, 9.17) is 17.0 Å². The Morgan fingerprint density at radius 3 is 2.50 bits per heavy atom.